The highest BCUT2D eigenvalue weighted by atomic mass is 32.2. The highest BCUT2D eigenvalue weighted by Gasteiger charge is 2.30. The molecule has 0 aliphatic carbocycles. The molecule has 0 radical (unpaired) electrons. The standard InChI is InChI=1S/C15H21NO3S2/c1-11(9-15(18)19-2)21-10-14(17)16-7-3-5-12(16)13-6-4-8-20-13/h4,6,8,11-12H,3,5,7,9-10H2,1-2H3. The Hall–Kier alpha value is -1.01. The van der Waals surface area contributed by atoms with E-state index in [1.165, 1.54) is 23.7 Å². The van der Waals surface area contributed by atoms with E-state index in [9.17, 15) is 9.59 Å². The second kappa shape index (κ2) is 7.84. The molecule has 0 bridgehead atoms. The topological polar surface area (TPSA) is 46.6 Å². The molecular weight excluding hydrogens is 306 g/mol. The molecule has 4 nitrogen and oxygen atoms in total. The van der Waals surface area contributed by atoms with E-state index in [0.29, 0.717) is 12.2 Å². The Balaban J connectivity index is 1.84. The van der Waals surface area contributed by atoms with Crippen LogP contribution < -0.4 is 0 Å². The first-order chi connectivity index (χ1) is 10.1. The van der Waals surface area contributed by atoms with E-state index in [-0.39, 0.29) is 23.2 Å². The van der Waals surface area contributed by atoms with E-state index >= 15 is 0 Å². The van der Waals surface area contributed by atoms with Gasteiger partial charge in [-0.15, -0.1) is 23.1 Å². The smallest absolute Gasteiger partial charge is 0.306 e. The first-order valence-electron chi connectivity index (χ1n) is 7.13. The first kappa shape index (κ1) is 16.4. The number of esters is 1. The molecule has 1 saturated heterocycles. The van der Waals surface area contributed by atoms with Gasteiger partial charge in [0.2, 0.25) is 5.91 Å². The van der Waals surface area contributed by atoms with Crippen molar-refractivity contribution in [2.75, 3.05) is 19.4 Å². The van der Waals surface area contributed by atoms with Crippen LogP contribution in [-0.2, 0) is 14.3 Å². The third-order valence-electron chi connectivity index (χ3n) is 3.62. The fourth-order valence-corrected chi connectivity index (χ4v) is 4.24. The average molecular weight is 327 g/mol. The van der Waals surface area contributed by atoms with Gasteiger partial charge in [-0.2, -0.15) is 0 Å². The van der Waals surface area contributed by atoms with Gasteiger partial charge in [0, 0.05) is 16.7 Å². The summed E-state index contributed by atoms with van der Waals surface area (Å²) in [6.07, 6.45) is 2.47. The summed E-state index contributed by atoms with van der Waals surface area (Å²) < 4.78 is 4.65. The van der Waals surface area contributed by atoms with Crippen LogP contribution in [0.4, 0.5) is 0 Å². The molecule has 2 unspecified atom stereocenters. The molecule has 21 heavy (non-hydrogen) atoms. The van der Waals surface area contributed by atoms with E-state index in [2.05, 4.69) is 16.2 Å². The minimum Gasteiger partial charge on any atom is -0.469 e. The van der Waals surface area contributed by atoms with Crippen LogP contribution in [0.3, 0.4) is 0 Å². The van der Waals surface area contributed by atoms with Gasteiger partial charge in [-0.1, -0.05) is 13.0 Å². The van der Waals surface area contributed by atoms with Crippen LogP contribution in [-0.4, -0.2) is 41.4 Å². The number of thiophene rings is 1. The average Bonchev–Trinajstić information content (AvgIpc) is 3.14. The minimum absolute atomic E-state index is 0.101. The number of nitrogens with zero attached hydrogens (tertiary/aromatic N) is 1. The molecule has 1 aromatic heterocycles. The number of methoxy groups -OCH3 is 1. The molecule has 1 aliphatic rings. The van der Waals surface area contributed by atoms with Crippen molar-refractivity contribution in [2.45, 2.75) is 37.5 Å². The Bertz CT molecular complexity index is 475. The van der Waals surface area contributed by atoms with Crippen molar-refractivity contribution in [3.63, 3.8) is 0 Å². The number of rotatable bonds is 6. The Morgan fingerprint density at radius 3 is 3.05 bits per heavy atom. The Kier molecular flexibility index (Phi) is 6.11. The molecule has 1 aromatic rings. The lowest BCUT2D eigenvalue weighted by Gasteiger charge is -2.24. The number of hydrogen-bond acceptors (Lipinski definition) is 5. The van der Waals surface area contributed by atoms with Gasteiger partial charge in [0.05, 0.1) is 25.3 Å². The van der Waals surface area contributed by atoms with E-state index in [0.717, 1.165) is 19.4 Å². The third-order valence-corrected chi connectivity index (χ3v) is 5.74. The first-order valence-corrected chi connectivity index (χ1v) is 9.06. The van der Waals surface area contributed by atoms with Crippen LogP contribution in [0.15, 0.2) is 17.5 Å². The summed E-state index contributed by atoms with van der Waals surface area (Å²) in [5.41, 5.74) is 0. The van der Waals surface area contributed by atoms with Crippen LogP contribution in [0.25, 0.3) is 0 Å². The summed E-state index contributed by atoms with van der Waals surface area (Å²) in [7, 11) is 1.39. The van der Waals surface area contributed by atoms with Crippen molar-refractivity contribution in [1.82, 2.24) is 4.90 Å². The second-order valence-corrected chi connectivity index (χ2v) is 7.57. The maximum Gasteiger partial charge on any atom is 0.306 e. The number of thioether (sulfide) groups is 1. The molecule has 1 amide bonds. The predicted molar refractivity (Wildman–Crippen MR) is 86.6 cm³/mol. The van der Waals surface area contributed by atoms with Crippen molar-refractivity contribution in [3.05, 3.63) is 22.4 Å². The highest BCUT2D eigenvalue weighted by molar-refractivity contribution is 8.00. The summed E-state index contributed by atoms with van der Waals surface area (Å²) in [5, 5.41) is 2.16. The Morgan fingerprint density at radius 1 is 1.57 bits per heavy atom. The maximum absolute atomic E-state index is 12.4. The number of likely N-dealkylation sites (tertiary alicyclic amines) is 1. The molecule has 0 N–H and O–H groups in total. The minimum atomic E-state index is -0.222. The van der Waals surface area contributed by atoms with Gasteiger partial charge in [-0.25, -0.2) is 0 Å². The lowest BCUT2D eigenvalue weighted by atomic mass is 10.2. The van der Waals surface area contributed by atoms with Gasteiger partial charge >= 0.3 is 5.97 Å². The van der Waals surface area contributed by atoms with Gasteiger partial charge in [-0.3, -0.25) is 9.59 Å². The van der Waals surface area contributed by atoms with E-state index < -0.39 is 0 Å². The summed E-state index contributed by atoms with van der Waals surface area (Å²) >= 11 is 3.24. The maximum atomic E-state index is 12.4. The number of hydrogen-bond donors (Lipinski definition) is 0. The van der Waals surface area contributed by atoms with E-state index in [4.69, 9.17) is 0 Å². The Morgan fingerprint density at radius 2 is 2.38 bits per heavy atom. The number of ether oxygens (including phenoxy) is 1. The molecule has 116 valence electrons. The van der Waals surface area contributed by atoms with Gasteiger partial charge < -0.3 is 9.64 Å². The van der Waals surface area contributed by atoms with Crippen LogP contribution in [0.1, 0.15) is 37.1 Å². The van der Waals surface area contributed by atoms with Gasteiger partial charge in [0.1, 0.15) is 0 Å². The van der Waals surface area contributed by atoms with E-state index in [1.54, 1.807) is 11.3 Å². The van der Waals surface area contributed by atoms with Crippen molar-refractivity contribution >= 4 is 35.0 Å². The lowest BCUT2D eigenvalue weighted by Crippen LogP contribution is -2.32. The molecule has 2 atom stereocenters. The molecule has 1 aliphatic heterocycles. The summed E-state index contributed by atoms with van der Waals surface area (Å²) in [4.78, 5) is 26.9. The molecule has 2 rings (SSSR count). The zero-order chi connectivity index (χ0) is 15.2. The zero-order valence-electron chi connectivity index (χ0n) is 12.4. The molecule has 0 saturated carbocycles. The van der Waals surface area contributed by atoms with Crippen molar-refractivity contribution < 1.29 is 14.3 Å². The fourth-order valence-electron chi connectivity index (χ4n) is 2.52. The van der Waals surface area contributed by atoms with Crippen LogP contribution in [0, 0.1) is 0 Å². The predicted octanol–water partition coefficient (Wildman–Crippen LogP) is 3.10. The Labute approximate surface area is 133 Å². The summed E-state index contributed by atoms with van der Waals surface area (Å²) in [6.45, 7) is 2.79. The number of carbonyl (C=O) groups is 2. The van der Waals surface area contributed by atoms with Gasteiger partial charge in [0.15, 0.2) is 0 Å². The molecule has 2 heterocycles. The largest absolute Gasteiger partial charge is 0.469 e. The normalized spacial score (nSPS) is 19.5. The zero-order valence-corrected chi connectivity index (χ0v) is 14.0. The van der Waals surface area contributed by atoms with Crippen molar-refractivity contribution in [3.8, 4) is 0 Å². The quantitative estimate of drug-likeness (QED) is 0.753. The number of carbonyl (C=O) groups excluding carboxylic acids is 2. The molecule has 0 spiro atoms. The lowest BCUT2D eigenvalue weighted by molar-refractivity contribution is -0.140. The SMILES string of the molecule is COC(=O)CC(C)SCC(=O)N1CCCC1c1cccs1. The van der Waals surface area contributed by atoms with Gasteiger partial charge in [-0.05, 0) is 24.3 Å². The highest BCUT2D eigenvalue weighted by Crippen LogP contribution is 2.35. The van der Waals surface area contributed by atoms with Crippen LogP contribution in [0.2, 0.25) is 0 Å². The molecular formula is C15H21NO3S2. The summed E-state index contributed by atoms with van der Waals surface area (Å²) in [5.74, 6) is 0.382. The second-order valence-electron chi connectivity index (χ2n) is 5.16. The van der Waals surface area contributed by atoms with Crippen LogP contribution >= 0.6 is 23.1 Å². The molecule has 1 fully saturated rings. The van der Waals surface area contributed by atoms with E-state index in [1.807, 2.05) is 17.9 Å². The molecule has 0 aromatic carbocycles. The van der Waals surface area contributed by atoms with Crippen molar-refractivity contribution in [1.29, 1.82) is 0 Å². The molecule has 6 heteroatoms. The fraction of sp³-hybridized carbons (Fsp3) is 0.600. The van der Waals surface area contributed by atoms with Crippen molar-refractivity contribution in [2.24, 2.45) is 0 Å². The van der Waals surface area contributed by atoms with Gasteiger partial charge in [0.25, 0.3) is 0 Å². The van der Waals surface area contributed by atoms with Crippen LogP contribution in [0.5, 0.6) is 0 Å². The summed E-state index contributed by atoms with van der Waals surface area (Å²) in [6, 6.07) is 4.39. The monoisotopic (exact) mass is 327 g/mol. The number of amides is 1. The third kappa shape index (κ3) is 4.48.